The summed E-state index contributed by atoms with van der Waals surface area (Å²) in [7, 11) is 3.85. The van der Waals surface area contributed by atoms with Crippen molar-refractivity contribution in [3.8, 4) is 11.4 Å². The lowest BCUT2D eigenvalue weighted by Crippen LogP contribution is -2.03. The van der Waals surface area contributed by atoms with E-state index in [-0.39, 0.29) is 5.78 Å². The number of pyridine rings is 1. The molecular weight excluding hydrogens is 346 g/mol. The van der Waals surface area contributed by atoms with E-state index in [2.05, 4.69) is 15.2 Å². The van der Waals surface area contributed by atoms with Crippen LogP contribution in [-0.2, 0) is 14.1 Å². The number of Topliss-reactive ketones (excluding diaryl/α,β-unsaturated/α-hetero) is 1. The topological polar surface area (TPSA) is 65.6 Å². The van der Waals surface area contributed by atoms with E-state index in [4.69, 9.17) is 0 Å². The van der Waals surface area contributed by atoms with Gasteiger partial charge in [0.05, 0.1) is 5.75 Å². The number of ketones is 1. The second kappa shape index (κ2) is 6.76. The Labute approximate surface area is 154 Å². The zero-order valence-electron chi connectivity index (χ0n) is 14.5. The number of aromatic nitrogens is 5. The molecule has 6 nitrogen and oxygen atoms in total. The summed E-state index contributed by atoms with van der Waals surface area (Å²) in [6.45, 7) is 0. The van der Waals surface area contributed by atoms with Crippen molar-refractivity contribution in [2.24, 2.45) is 14.1 Å². The number of thioether (sulfide) groups is 1. The van der Waals surface area contributed by atoms with Gasteiger partial charge in [-0.2, -0.15) is 0 Å². The van der Waals surface area contributed by atoms with Crippen molar-refractivity contribution in [3.63, 3.8) is 0 Å². The minimum Gasteiger partial charge on any atom is -0.350 e. The lowest BCUT2D eigenvalue weighted by molar-refractivity contribution is 0.102. The molecule has 0 aliphatic heterocycles. The van der Waals surface area contributed by atoms with Gasteiger partial charge < -0.3 is 9.13 Å². The molecule has 4 rings (SSSR count). The number of carbonyl (C=O) groups excluding carboxylic acids is 1. The molecule has 4 aromatic rings. The first kappa shape index (κ1) is 16.5. The maximum Gasteiger partial charge on any atom is 0.191 e. The molecule has 0 radical (unpaired) electrons. The number of aryl methyl sites for hydroxylation is 1. The van der Waals surface area contributed by atoms with Gasteiger partial charge in [-0.25, -0.2) is 0 Å². The number of carbonyl (C=O) groups is 1. The predicted molar refractivity (Wildman–Crippen MR) is 102 cm³/mol. The fourth-order valence-corrected chi connectivity index (χ4v) is 3.75. The number of fused-ring (bicyclic) bond motifs is 1. The molecule has 0 aliphatic carbocycles. The fraction of sp³-hybridized carbons (Fsp3) is 0.158. The number of nitrogens with zero attached hydrogens (tertiary/aromatic N) is 5. The molecular formula is C19H17N5OS. The fourth-order valence-electron chi connectivity index (χ4n) is 2.96. The maximum absolute atomic E-state index is 12.7. The normalized spacial score (nSPS) is 11.2. The van der Waals surface area contributed by atoms with Crippen LogP contribution in [-0.4, -0.2) is 35.9 Å². The lowest BCUT2D eigenvalue weighted by atomic mass is 10.1. The van der Waals surface area contributed by atoms with Crippen molar-refractivity contribution < 1.29 is 4.79 Å². The monoisotopic (exact) mass is 363 g/mol. The minimum absolute atomic E-state index is 0.0812. The Balaban J connectivity index is 1.54. The zero-order chi connectivity index (χ0) is 18.1. The van der Waals surface area contributed by atoms with Gasteiger partial charge in [-0.15, -0.1) is 10.2 Å². The highest BCUT2D eigenvalue weighted by molar-refractivity contribution is 7.99. The Hall–Kier alpha value is -2.93. The first-order valence-corrected chi connectivity index (χ1v) is 9.13. The van der Waals surface area contributed by atoms with Gasteiger partial charge in [-0.3, -0.25) is 9.78 Å². The average Bonchev–Trinajstić information content (AvgIpc) is 3.21. The Kier molecular flexibility index (Phi) is 4.30. The quantitative estimate of drug-likeness (QED) is 0.402. The van der Waals surface area contributed by atoms with Crippen LogP contribution in [0.3, 0.4) is 0 Å². The van der Waals surface area contributed by atoms with Crippen LogP contribution in [0.15, 0.2) is 60.1 Å². The average molecular weight is 363 g/mol. The molecule has 0 fully saturated rings. The number of para-hydroxylation sites is 1. The van der Waals surface area contributed by atoms with Crippen molar-refractivity contribution in [2.75, 3.05) is 5.75 Å². The Morgan fingerprint density at radius 2 is 1.96 bits per heavy atom. The molecule has 0 N–H and O–H groups in total. The first-order valence-electron chi connectivity index (χ1n) is 8.15. The van der Waals surface area contributed by atoms with Crippen LogP contribution in [0.1, 0.15) is 10.4 Å². The Morgan fingerprint density at radius 3 is 2.77 bits per heavy atom. The van der Waals surface area contributed by atoms with Gasteiger partial charge in [0.15, 0.2) is 16.8 Å². The molecule has 130 valence electrons. The van der Waals surface area contributed by atoms with E-state index < -0.39 is 0 Å². The van der Waals surface area contributed by atoms with Crippen LogP contribution in [0.25, 0.3) is 22.3 Å². The molecule has 3 aromatic heterocycles. The highest BCUT2D eigenvalue weighted by Gasteiger charge is 2.17. The number of hydrogen-bond acceptors (Lipinski definition) is 5. The summed E-state index contributed by atoms with van der Waals surface area (Å²) in [5, 5.41) is 10.1. The molecule has 0 amide bonds. The summed E-state index contributed by atoms with van der Waals surface area (Å²) in [6, 6.07) is 11.7. The van der Waals surface area contributed by atoms with Gasteiger partial charge in [0.1, 0.15) is 0 Å². The van der Waals surface area contributed by atoms with E-state index in [1.807, 2.05) is 65.8 Å². The molecule has 1 aromatic carbocycles. The molecule has 7 heteroatoms. The molecule has 0 aliphatic rings. The molecule has 26 heavy (non-hydrogen) atoms. The molecule has 0 spiro atoms. The number of benzene rings is 1. The maximum atomic E-state index is 12.7. The van der Waals surface area contributed by atoms with Crippen LogP contribution >= 0.6 is 11.8 Å². The molecule has 0 saturated carbocycles. The summed E-state index contributed by atoms with van der Waals surface area (Å²) >= 11 is 1.39. The molecule has 3 heterocycles. The Bertz CT molecular complexity index is 1080. The SMILES string of the molecule is Cn1c(SCC(=O)c2cn(C)c3ccccc23)nnc1-c1cccnc1. The van der Waals surface area contributed by atoms with E-state index in [9.17, 15) is 4.79 Å². The number of rotatable bonds is 5. The summed E-state index contributed by atoms with van der Waals surface area (Å²) in [4.78, 5) is 16.8. The summed E-state index contributed by atoms with van der Waals surface area (Å²) in [6.07, 6.45) is 5.36. The van der Waals surface area contributed by atoms with E-state index in [0.29, 0.717) is 10.9 Å². The summed E-state index contributed by atoms with van der Waals surface area (Å²) in [5.74, 6) is 1.13. The van der Waals surface area contributed by atoms with Crippen LogP contribution < -0.4 is 0 Å². The largest absolute Gasteiger partial charge is 0.350 e. The Morgan fingerprint density at radius 1 is 1.12 bits per heavy atom. The van der Waals surface area contributed by atoms with Gasteiger partial charge in [0.2, 0.25) is 0 Å². The van der Waals surface area contributed by atoms with Crippen molar-refractivity contribution in [1.82, 2.24) is 24.3 Å². The van der Waals surface area contributed by atoms with E-state index in [1.54, 1.807) is 12.4 Å². The highest BCUT2D eigenvalue weighted by atomic mass is 32.2. The minimum atomic E-state index is 0.0812. The first-order chi connectivity index (χ1) is 12.6. The van der Waals surface area contributed by atoms with Gasteiger partial charge in [0.25, 0.3) is 0 Å². The second-order valence-electron chi connectivity index (χ2n) is 5.99. The third kappa shape index (κ3) is 2.90. The van der Waals surface area contributed by atoms with E-state index >= 15 is 0 Å². The third-order valence-electron chi connectivity index (χ3n) is 4.28. The van der Waals surface area contributed by atoms with Gasteiger partial charge in [0, 0.05) is 54.7 Å². The molecule has 0 saturated heterocycles. The van der Waals surface area contributed by atoms with Crippen LogP contribution in [0.2, 0.25) is 0 Å². The van der Waals surface area contributed by atoms with E-state index in [0.717, 1.165) is 27.9 Å². The van der Waals surface area contributed by atoms with Crippen molar-refractivity contribution in [1.29, 1.82) is 0 Å². The van der Waals surface area contributed by atoms with Gasteiger partial charge in [-0.05, 0) is 18.2 Å². The molecule has 0 unspecified atom stereocenters. The van der Waals surface area contributed by atoms with Crippen molar-refractivity contribution >= 4 is 28.4 Å². The zero-order valence-corrected chi connectivity index (χ0v) is 15.3. The van der Waals surface area contributed by atoms with Crippen LogP contribution in [0.5, 0.6) is 0 Å². The summed E-state index contributed by atoms with van der Waals surface area (Å²) in [5.41, 5.74) is 2.69. The highest BCUT2D eigenvalue weighted by Crippen LogP contribution is 2.25. The van der Waals surface area contributed by atoms with Crippen molar-refractivity contribution in [3.05, 3.63) is 60.6 Å². The molecule has 0 bridgehead atoms. The lowest BCUT2D eigenvalue weighted by Gasteiger charge is -2.03. The smallest absolute Gasteiger partial charge is 0.191 e. The molecule has 0 atom stereocenters. The second-order valence-corrected chi connectivity index (χ2v) is 6.93. The predicted octanol–water partition coefficient (Wildman–Crippen LogP) is 3.34. The van der Waals surface area contributed by atoms with Crippen molar-refractivity contribution in [2.45, 2.75) is 5.16 Å². The van der Waals surface area contributed by atoms with Gasteiger partial charge >= 0.3 is 0 Å². The third-order valence-corrected chi connectivity index (χ3v) is 5.30. The number of hydrogen-bond donors (Lipinski definition) is 0. The van der Waals surface area contributed by atoms with Crippen LogP contribution in [0, 0.1) is 0 Å². The van der Waals surface area contributed by atoms with E-state index in [1.165, 1.54) is 11.8 Å². The standard InChI is InChI=1S/C19H17N5OS/c1-23-11-15(14-7-3-4-8-16(14)23)17(25)12-26-19-22-21-18(24(19)2)13-6-5-9-20-10-13/h3-11H,12H2,1-2H3. The van der Waals surface area contributed by atoms with Crippen LogP contribution in [0.4, 0.5) is 0 Å². The van der Waals surface area contributed by atoms with Gasteiger partial charge in [-0.1, -0.05) is 30.0 Å². The summed E-state index contributed by atoms with van der Waals surface area (Å²) < 4.78 is 3.87.